The molecule has 0 fully saturated rings. The highest BCUT2D eigenvalue weighted by Crippen LogP contribution is 1.76. The Morgan fingerprint density at radius 1 is 0.952 bits per heavy atom. The summed E-state index contributed by atoms with van der Waals surface area (Å²) in [4.78, 5) is 39.5. The van der Waals surface area contributed by atoms with Gasteiger partial charge in [-0.25, -0.2) is 14.4 Å². The molecule has 0 amide bonds. The van der Waals surface area contributed by atoms with E-state index in [1.807, 2.05) is 0 Å². The predicted molar refractivity (Wildman–Crippen MR) is 73.0 cm³/mol. The maximum Gasteiger partial charge on any atom is 0.330 e. The number of carbonyl (C=O) groups excluding carboxylic acids is 3. The summed E-state index contributed by atoms with van der Waals surface area (Å²) in [6.07, 6.45) is 3.76. The second-order valence-electron chi connectivity index (χ2n) is 2.70. The third-order valence-electron chi connectivity index (χ3n) is 1.18. The minimum absolute atomic E-state index is 0.329. The molecule has 0 saturated heterocycles. The molecule has 8 nitrogen and oxygen atoms in total. The van der Waals surface area contributed by atoms with Crippen molar-refractivity contribution in [2.75, 3.05) is 14.2 Å². The Hall–Kier alpha value is -2.90. The van der Waals surface area contributed by atoms with Crippen molar-refractivity contribution in [3.05, 3.63) is 37.6 Å². The molecule has 21 heavy (non-hydrogen) atoms. The summed E-state index contributed by atoms with van der Waals surface area (Å²) in [5, 5.41) is 7.96. The first-order valence-corrected chi connectivity index (χ1v) is 5.22. The number of esters is 3. The Morgan fingerprint density at radius 3 is 1.57 bits per heavy atom. The number of carboxylic acid groups (broad SMARTS) is 1. The molecule has 0 aliphatic heterocycles. The van der Waals surface area contributed by atoms with Crippen LogP contribution in [0.4, 0.5) is 0 Å². The van der Waals surface area contributed by atoms with Crippen molar-refractivity contribution in [1.82, 2.24) is 0 Å². The van der Waals surface area contributed by atoms with E-state index in [1.165, 1.54) is 21.1 Å². The smallest absolute Gasteiger partial charge is 0.330 e. The molecule has 1 N–H and O–H groups in total. The molecule has 0 heterocycles. The Bertz CT molecular complexity index is 395. The summed E-state index contributed by atoms with van der Waals surface area (Å²) in [6.45, 7) is 7.64. The summed E-state index contributed by atoms with van der Waals surface area (Å²) in [5.74, 6) is -2.56. The molecule has 0 bridgehead atoms. The standard InChI is InChI=1S/C5H6O4.2C4H6O2/c1-9-5(8)3-2-4(6)7;1-3-4(5)6-2;1-3-6-4(2)5/h2-3H,1H3,(H,6,7);2*3H,1H2,2H3/b3-2-;;. The van der Waals surface area contributed by atoms with Crippen LogP contribution in [-0.4, -0.2) is 43.2 Å². The molecule has 0 saturated carbocycles. The van der Waals surface area contributed by atoms with Crippen LogP contribution in [0.1, 0.15) is 6.92 Å². The molecule has 118 valence electrons. The molecule has 0 aromatic rings. The number of aliphatic carboxylic acids is 1. The van der Waals surface area contributed by atoms with E-state index in [0.29, 0.717) is 6.08 Å². The molecule has 0 aromatic heterocycles. The minimum atomic E-state index is -1.17. The minimum Gasteiger partial charge on any atom is -0.478 e. The van der Waals surface area contributed by atoms with Crippen LogP contribution in [-0.2, 0) is 33.4 Å². The SMILES string of the molecule is C=CC(=O)OC.C=COC(C)=O.COC(=O)/C=C\C(=O)O. The zero-order chi connectivity index (χ0) is 17.3. The van der Waals surface area contributed by atoms with Crippen LogP contribution in [0.5, 0.6) is 0 Å². The van der Waals surface area contributed by atoms with E-state index in [2.05, 4.69) is 27.4 Å². The molecule has 0 atom stereocenters. The first kappa shape index (κ1) is 23.2. The monoisotopic (exact) mass is 302 g/mol. The third-order valence-corrected chi connectivity index (χ3v) is 1.18. The van der Waals surface area contributed by atoms with Gasteiger partial charge in [0.15, 0.2) is 0 Å². The second kappa shape index (κ2) is 17.1. The average molecular weight is 302 g/mol. The summed E-state index contributed by atoms with van der Waals surface area (Å²) in [6, 6.07) is 0. The molecule has 8 heteroatoms. The topological polar surface area (TPSA) is 116 Å². The van der Waals surface area contributed by atoms with Gasteiger partial charge in [0.1, 0.15) is 0 Å². The van der Waals surface area contributed by atoms with Crippen LogP contribution in [0.2, 0.25) is 0 Å². The fourth-order valence-corrected chi connectivity index (χ4v) is 0.408. The van der Waals surface area contributed by atoms with Crippen molar-refractivity contribution in [2.45, 2.75) is 6.92 Å². The molecule has 0 unspecified atom stereocenters. The van der Waals surface area contributed by atoms with Crippen LogP contribution in [0.15, 0.2) is 37.6 Å². The first-order chi connectivity index (χ1) is 9.74. The lowest BCUT2D eigenvalue weighted by Crippen LogP contribution is -1.96. The van der Waals surface area contributed by atoms with Gasteiger partial charge in [0, 0.05) is 25.2 Å². The lowest BCUT2D eigenvalue weighted by molar-refractivity contribution is -0.136. The van der Waals surface area contributed by atoms with E-state index in [-0.39, 0.29) is 5.97 Å². The van der Waals surface area contributed by atoms with Crippen molar-refractivity contribution in [3.63, 3.8) is 0 Å². The van der Waals surface area contributed by atoms with Crippen LogP contribution >= 0.6 is 0 Å². The first-order valence-electron chi connectivity index (χ1n) is 5.22. The van der Waals surface area contributed by atoms with Crippen LogP contribution in [0, 0.1) is 0 Å². The average Bonchev–Trinajstić information content (AvgIpc) is 2.44. The second-order valence-corrected chi connectivity index (χ2v) is 2.70. The number of rotatable bonds is 4. The Labute approximate surface area is 122 Å². The van der Waals surface area contributed by atoms with Gasteiger partial charge in [0.25, 0.3) is 0 Å². The maximum atomic E-state index is 10.1. The van der Waals surface area contributed by atoms with Gasteiger partial charge in [-0.15, -0.1) is 0 Å². The zero-order valence-electron chi connectivity index (χ0n) is 12.0. The molecule has 0 aliphatic carbocycles. The number of ether oxygens (including phenoxy) is 3. The van der Waals surface area contributed by atoms with E-state index < -0.39 is 17.9 Å². The summed E-state index contributed by atoms with van der Waals surface area (Å²) < 4.78 is 12.4. The lowest BCUT2D eigenvalue weighted by Gasteiger charge is -1.85. The summed E-state index contributed by atoms with van der Waals surface area (Å²) in [5.41, 5.74) is 0. The number of hydrogen-bond donors (Lipinski definition) is 1. The van der Waals surface area contributed by atoms with Gasteiger partial charge in [-0.1, -0.05) is 13.2 Å². The van der Waals surface area contributed by atoms with E-state index in [1.54, 1.807) is 0 Å². The van der Waals surface area contributed by atoms with E-state index in [4.69, 9.17) is 5.11 Å². The highest BCUT2D eigenvalue weighted by Gasteiger charge is 1.91. The molecule has 0 spiro atoms. The van der Waals surface area contributed by atoms with Crippen molar-refractivity contribution in [1.29, 1.82) is 0 Å². The third kappa shape index (κ3) is 31.6. The molecule has 0 radical (unpaired) electrons. The number of hydrogen-bond acceptors (Lipinski definition) is 7. The van der Waals surface area contributed by atoms with Gasteiger partial charge >= 0.3 is 23.9 Å². The Kier molecular flexibility index (Phi) is 18.9. The van der Waals surface area contributed by atoms with Gasteiger partial charge < -0.3 is 19.3 Å². The fourth-order valence-electron chi connectivity index (χ4n) is 0.408. The summed E-state index contributed by atoms with van der Waals surface area (Å²) >= 11 is 0. The Morgan fingerprint density at radius 2 is 1.43 bits per heavy atom. The normalized spacial score (nSPS) is 7.95. The molecule has 0 rings (SSSR count). The van der Waals surface area contributed by atoms with Crippen molar-refractivity contribution >= 4 is 23.9 Å². The maximum absolute atomic E-state index is 10.1. The Balaban J connectivity index is -0.000000240. The van der Waals surface area contributed by atoms with E-state index in [9.17, 15) is 19.2 Å². The van der Waals surface area contributed by atoms with Crippen molar-refractivity contribution in [3.8, 4) is 0 Å². The number of carbonyl (C=O) groups is 4. The van der Waals surface area contributed by atoms with E-state index >= 15 is 0 Å². The zero-order valence-corrected chi connectivity index (χ0v) is 12.0. The fraction of sp³-hybridized carbons (Fsp3) is 0.231. The van der Waals surface area contributed by atoms with Gasteiger partial charge in [0.2, 0.25) is 0 Å². The quantitative estimate of drug-likeness (QED) is 0.351. The molecular formula is C13H18O8. The van der Waals surface area contributed by atoms with Crippen molar-refractivity contribution < 1.29 is 38.5 Å². The highest BCUT2D eigenvalue weighted by molar-refractivity contribution is 5.90. The molecular weight excluding hydrogens is 284 g/mol. The van der Waals surface area contributed by atoms with Crippen molar-refractivity contribution in [2.24, 2.45) is 0 Å². The lowest BCUT2D eigenvalue weighted by atomic mass is 10.5. The van der Waals surface area contributed by atoms with Gasteiger partial charge in [-0.2, -0.15) is 0 Å². The molecule has 0 aromatic carbocycles. The van der Waals surface area contributed by atoms with E-state index in [0.717, 1.165) is 18.4 Å². The molecule has 0 aliphatic rings. The largest absolute Gasteiger partial charge is 0.478 e. The van der Waals surface area contributed by atoms with Gasteiger partial charge in [-0.3, -0.25) is 4.79 Å². The van der Waals surface area contributed by atoms with Gasteiger partial charge in [-0.05, 0) is 0 Å². The van der Waals surface area contributed by atoms with Crippen LogP contribution < -0.4 is 0 Å². The highest BCUT2D eigenvalue weighted by atomic mass is 16.5. The predicted octanol–water partition coefficient (Wildman–Crippen LogP) is 0.839. The number of carboxylic acids is 1. The summed E-state index contributed by atoms with van der Waals surface area (Å²) in [7, 11) is 2.48. The van der Waals surface area contributed by atoms with Crippen LogP contribution in [0.3, 0.4) is 0 Å². The number of methoxy groups -OCH3 is 2. The van der Waals surface area contributed by atoms with Gasteiger partial charge in [0.05, 0.1) is 20.5 Å². The van der Waals surface area contributed by atoms with Crippen LogP contribution in [0.25, 0.3) is 0 Å².